The van der Waals surface area contributed by atoms with Crippen molar-refractivity contribution in [1.29, 1.82) is 0 Å². The van der Waals surface area contributed by atoms with Crippen LogP contribution in [0.15, 0.2) is 22.9 Å². The lowest BCUT2D eigenvalue weighted by molar-refractivity contribution is 0.509. The first kappa shape index (κ1) is 14.2. The zero-order valence-electron chi connectivity index (χ0n) is 11.8. The van der Waals surface area contributed by atoms with Crippen LogP contribution in [0.25, 0.3) is 0 Å². The number of aromatic nitrogens is 2. The van der Waals surface area contributed by atoms with Crippen LogP contribution in [0.2, 0.25) is 0 Å². The van der Waals surface area contributed by atoms with Crippen molar-refractivity contribution < 1.29 is 0 Å². The monoisotopic (exact) mass is 275 g/mol. The van der Waals surface area contributed by atoms with Gasteiger partial charge in [0, 0.05) is 6.04 Å². The largest absolute Gasteiger partial charge is 0.310 e. The SMILES string of the molecule is CCNC(CCc1ccsc1)c1cc(C)nnc1C. The smallest absolute Gasteiger partial charge is 0.0648 e. The van der Waals surface area contributed by atoms with Crippen LogP contribution in [0.3, 0.4) is 0 Å². The molecular formula is C15H21N3S. The predicted octanol–water partition coefficient (Wildman–Crippen LogP) is 3.44. The molecule has 2 rings (SSSR count). The normalized spacial score (nSPS) is 12.6. The summed E-state index contributed by atoms with van der Waals surface area (Å²) in [5.41, 5.74) is 4.72. The summed E-state index contributed by atoms with van der Waals surface area (Å²) in [5, 5.41) is 16.3. The van der Waals surface area contributed by atoms with Gasteiger partial charge < -0.3 is 5.32 Å². The Hall–Kier alpha value is -1.26. The fraction of sp³-hybridized carbons (Fsp3) is 0.467. The maximum Gasteiger partial charge on any atom is 0.0648 e. The van der Waals surface area contributed by atoms with Gasteiger partial charge in [-0.3, -0.25) is 0 Å². The molecule has 102 valence electrons. The maximum absolute atomic E-state index is 4.24. The lowest BCUT2D eigenvalue weighted by Gasteiger charge is -2.19. The van der Waals surface area contributed by atoms with E-state index in [9.17, 15) is 0 Å². The number of hydrogen-bond donors (Lipinski definition) is 1. The summed E-state index contributed by atoms with van der Waals surface area (Å²) in [6.45, 7) is 7.15. The van der Waals surface area contributed by atoms with Gasteiger partial charge in [0.15, 0.2) is 0 Å². The third-order valence-electron chi connectivity index (χ3n) is 3.27. The Kier molecular flexibility index (Phi) is 5.05. The highest BCUT2D eigenvalue weighted by Crippen LogP contribution is 2.22. The van der Waals surface area contributed by atoms with Crippen LogP contribution < -0.4 is 5.32 Å². The molecule has 0 amide bonds. The number of hydrogen-bond acceptors (Lipinski definition) is 4. The van der Waals surface area contributed by atoms with Gasteiger partial charge in [0.1, 0.15) is 0 Å². The van der Waals surface area contributed by atoms with Gasteiger partial charge >= 0.3 is 0 Å². The van der Waals surface area contributed by atoms with Gasteiger partial charge in [-0.25, -0.2) is 0 Å². The molecule has 1 atom stereocenters. The summed E-state index contributed by atoms with van der Waals surface area (Å²) in [6, 6.07) is 4.72. The number of aryl methyl sites for hydroxylation is 3. The van der Waals surface area contributed by atoms with E-state index in [0.29, 0.717) is 6.04 Å². The predicted molar refractivity (Wildman–Crippen MR) is 80.6 cm³/mol. The van der Waals surface area contributed by atoms with Crippen LogP contribution in [0.4, 0.5) is 0 Å². The third kappa shape index (κ3) is 3.85. The molecule has 0 bridgehead atoms. The fourth-order valence-electron chi connectivity index (χ4n) is 2.28. The topological polar surface area (TPSA) is 37.8 Å². The Morgan fingerprint density at radius 2 is 2.16 bits per heavy atom. The lowest BCUT2D eigenvalue weighted by Crippen LogP contribution is -2.23. The second-order valence-electron chi connectivity index (χ2n) is 4.81. The summed E-state index contributed by atoms with van der Waals surface area (Å²) in [7, 11) is 0. The maximum atomic E-state index is 4.24. The van der Waals surface area contributed by atoms with E-state index < -0.39 is 0 Å². The molecule has 0 spiro atoms. The van der Waals surface area contributed by atoms with Crippen LogP contribution in [-0.2, 0) is 6.42 Å². The highest BCUT2D eigenvalue weighted by molar-refractivity contribution is 7.07. The molecule has 2 heterocycles. The molecule has 1 N–H and O–H groups in total. The van der Waals surface area contributed by atoms with Crippen molar-refractivity contribution in [3.63, 3.8) is 0 Å². The lowest BCUT2D eigenvalue weighted by atomic mass is 9.99. The average molecular weight is 275 g/mol. The van der Waals surface area contributed by atoms with Crippen molar-refractivity contribution in [2.45, 2.75) is 39.7 Å². The first-order valence-electron chi connectivity index (χ1n) is 6.76. The van der Waals surface area contributed by atoms with Crippen LogP contribution >= 0.6 is 11.3 Å². The van der Waals surface area contributed by atoms with Gasteiger partial charge in [0.05, 0.1) is 11.4 Å². The molecule has 0 saturated carbocycles. The van der Waals surface area contributed by atoms with Gasteiger partial charge in [-0.1, -0.05) is 6.92 Å². The van der Waals surface area contributed by atoms with Crippen molar-refractivity contribution >= 4 is 11.3 Å². The van der Waals surface area contributed by atoms with E-state index in [1.807, 2.05) is 13.8 Å². The number of nitrogens with zero attached hydrogens (tertiary/aromatic N) is 2. The number of nitrogens with one attached hydrogen (secondary N) is 1. The summed E-state index contributed by atoms with van der Waals surface area (Å²) in [5.74, 6) is 0. The Morgan fingerprint density at radius 3 is 2.84 bits per heavy atom. The summed E-state index contributed by atoms with van der Waals surface area (Å²) in [6.07, 6.45) is 2.19. The highest BCUT2D eigenvalue weighted by Gasteiger charge is 2.14. The van der Waals surface area contributed by atoms with Gasteiger partial charge in [-0.05, 0) is 67.3 Å². The first-order valence-corrected chi connectivity index (χ1v) is 7.70. The number of rotatable bonds is 6. The molecule has 0 saturated heterocycles. The molecular weight excluding hydrogens is 254 g/mol. The zero-order chi connectivity index (χ0) is 13.7. The van der Waals surface area contributed by atoms with Crippen LogP contribution in [-0.4, -0.2) is 16.7 Å². The first-order chi connectivity index (χ1) is 9.20. The van der Waals surface area contributed by atoms with Crippen molar-refractivity contribution in [3.8, 4) is 0 Å². The van der Waals surface area contributed by atoms with Gasteiger partial charge in [-0.15, -0.1) is 0 Å². The van der Waals surface area contributed by atoms with E-state index in [1.165, 1.54) is 11.1 Å². The summed E-state index contributed by atoms with van der Waals surface area (Å²) in [4.78, 5) is 0. The average Bonchev–Trinajstić information content (AvgIpc) is 2.91. The molecule has 0 aliphatic carbocycles. The minimum absolute atomic E-state index is 0.360. The van der Waals surface area contributed by atoms with Gasteiger partial charge in [-0.2, -0.15) is 21.5 Å². The Labute approximate surface area is 119 Å². The Morgan fingerprint density at radius 1 is 1.32 bits per heavy atom. The molecule has 0 radical (unpaired) electrons. The molecule has 0 fully saturated rings. The molecule has 1 unspecified atom stereocenters. The van der Waals surface area contributed by atoms with Crippen LogP contribution in [0, 0.1) is 13.8 Å². The molecule has 2 aromatic rings. The van der Waals surface area contributed by atoms with Crippen LogP contribution in [0.5, 0.6) is 0 Å². The molecule has 2 aromatic heterocycles. The number of thiophene rings is 1. The molecule has 0 aromatic carbocycles. The standard InChI is InChI=1S/C15H21N3S/c1-4-16-15(6-5-13-7-8-19-10-13)14-9-11(2)17-18-12(14)3/h7-10,15-16H,4-6H2,1-3H3. The highest BCUT2D eigenvalue weighted by atomic mass is 32.1. The minimum atomic E-state index is 0.360. The van der Waals surface area contributed by atoms with Crippen molar-refractivity contribution in [2.75, 3.05) is 6.54 Å². The molecule has 4 heteroatoms. The molecule has 0 aliphatic heterocycles. The Balaban J connectivity index is 2.12. The Bertz CT molecular complexity index is 508. The van der Waals surface area contributed by atoms with Gasteiger partial charge in [0.25, 0.3) is 0 Å². The van der Waals surface area contributed by atoms with E-state index in [0.717, 1.165) is 30.8 Å². The van der Waals surface area contributed by atoms with E-state index in [2.05, 4.69) is 45.3 Å². The van der Waals surface area contributed by atoms with E-state index in [-0.39, 0.29) is 0 Å². The van der Waals surface area contributed by atoms with E-state index >= 15 is 0 Å². The van der Waals surface area contributed by atoms with Crippen molar-refractivity contribution in [3.05, 3.63) is 45.4 Å². The van der Waals surface area contributed by atoms with Gasteiger partial charge in [0.2, 0.25) is 0 Å². The quantitative estimate of drug-likeness (QED) is 0.877. The molecule has 3 nitrogen and oxygen atoms in total. The second kappa shape index (κ2) is 6.78. The minimum Gasteiger partial charge on any atom is -0.310 e. The summed E-state index contributed by atoms with van der Waals surface area (Å²) < 4.78 is 0. The molecule has 0 aliphatic rings. The van der Waals surface area contributed by atoms with E-state index in [4.69, 9.17) is 0 Å². The molecule has 19 heavy (non-hydrogen) atoms. The zero-order valence-corrected chi connectivity index (χ0v) is 12.6. The van der Waals surface area contributed by atoms with Crippen LogP contribution in [0.1, 0.15) is 41.9 Å². The van der Waals surface area contributed by atoms with Crippen molar-refractivity contribution in [1.82, 2.24) is 15.5 Å². The van der Waals surface area contributed by atoms with Crippen molar-refractivity contribution in [2.24, 2.45) is 0 Å². The van der Waals surface area contributed by atoms with E-state index in [1.54, 1.807) is 11.3 Å². The third-order valence-corrected chi connectivity index (χ3v) is 4.00. The summed E-state index contributed by atoms with van der Waals surface area (Å²) >= 11 is 1.76. The second-order valence-corrected chi connectivity index (χ2v) is 5.59. The fourth-order valence-corrected chi connectivity index (χ4v) is 2.99.